The van der Waals surface area contributed by atoms with E-state index in [1.165, 1.54) is 25.7 Å². The van der Waals surface area contributed by atoms with Gasteiger partial charge in [0.05, 0.1) is 12.7 Å². The van der Waals surface area contributed by atoms with Gasteiger partial charge in [-0.15, -0.1) is 0 Å². The Morgan fingerprint density at radius 2 is 2.05 bits per heavy atom. The lowest BCUT2D eigenvalue weighted by Crippen LogP contribution is -2.18. The van der Waals surface area contributed by atoms with Crippen molar-refractivity contribution >= 4 is 5.78 Å². The van der Waals surface area contributed by atoms with Crippen LogP contribution in [-0.4, -0.2) is 18.0 Å². The highest BCUT2D eigenvalue weighted by molar-refractivity contribution is 6.00. The van der Waals surface area contributed by atoms with Crippen LogP contribution in [0.1, 0.15) is 48.0 Å². The summed E-state index contributed by atoms with van der Waals surface area (Å²) in [5.74, 6) is 0.0697. The Balaban J connectivity index is 2.35. The monoisotopic (exact) mass is 259 g/mol. The van der Waals surface area contributed by atoms with Crippen LogP contribution < -0.4 is 4.74 Å². The quantitative estimate of drug-likeness (QED) is 0.847. The van der Waals surface area contributed by atoms with E-state index in [0.29, 0.717) is 5.56 Å². The van der Waals surface area contributed by atoms with E-state index in [2.05, 4.69) is 0 Å². The number of nitriles is 1. The maximum atomic E-state index is 12.4. The first-order valence-corrected chi connectivity index (χ1v) is 6.52. The Hall–Kier alpha value is -2.02. The van der Waals surface area contributed by atoms with E-state index in [1.54, 1.807) is 0 Å². The van der Waals surface area contributed by atoms with Crippen molar-refractivity contribution in [1.29, 1.82) is 5.26 Å². The van der Waals surface area contributed by atoms with Crippen molar-refractivity contribution in [3.63, 3.8) is 0 Å². The number of aromatic hydroxyl groups is 1. The summed E-state index contributed by atoms with van der Waals surface area (Å²) in [6, 6.07) is 4.78. The lowest BCUT2D eigenvalue weighted by Gasteiger charge is -2.21. The van der Waals surface area contributed by atoms with E-state index in [9.17, 15) is 9.90 Å². The van der Waals surface area contributed by atoms with Gasteiger partial charge in [0.1, 0.15) is 6.07 Å². The number of phenolic OH excluding ortho intramolecular Hbond substituents is 1. The topological polar surface area (TPSA) is 70.3 Å². The molecule has 100 valence electrons. The van der Waals surface area contributed by atoms with Crippen LogP contribution in [0.15, 0.2) is 12.1 Å². The SMILES string of the molecule is COc1cc(C#N)c(C(=O)C2CCCCC2)cc1O. The maximum absolute atomic E-state index is 12.4. The number of ether oxygens (including phenoxy) is 1. The number of Topliss-reactive ketones (excluding diaryl/α,β-unsaturated/α-hetero) is 1. The minimum absolute atomic E-state index is 0.0198. The Morgan fingerprint density at radius 1 is 1.37 bits per heavy atom. The second-order valence-corrected chi connectivity index (χ2v) is 4.88. The molecule has 0 atom stereocenters. The van der Waals surface area contributed by atoms with Gasteiger partial charge in [0, 0.05) is 17.5 Å². The summed E-state index contributed by atoms with van der Waals surface area (Å²) in [6.07, 6.45) is 5.02. The Bertz CT molecular complexity index is 525. The molecule has 2 rings (SSSR count). The molecule has 1 aromatic carbocycles. The fraction of sp³-hybridized carbons (Fsp3) is 0.467. The van der Waals surface area contributed by atoms with E-state index in [0.717, 1.165) is 25.7 Å². The third kappa shape index (κ3) is 2.70. The smallest absolute Gasteiger partial charge is 0.167 e. The summed E-state index contributed by atoms with van der Waals surface area (Å²) in [4.78, 5) is 12.4. The summed E-state index contributed by atoms with van der Waals surface area (Å²) in [5.41, 5.74) is 0.581. The average Bonchev–Trinajstić information content (AvgIpc) is 2.47. The number of nitrogens with zero attached hydrogens (tertiary/aromatic N) is 1. The second kappa shape index (κ2) is 5.75. The van der Waals surface area contributed by atoms with E-state index in [1.807, 2.05) is 6.07 Å². The van der Waals surface area contributed by atoms with Crippen LogP contribution in [-0.2, 0) is 0 Å². The molecule has 4 heteroatoms. The molecule has 0 aromatic heterocycles. The van der Waals surface area contributed by atoms with Gasteiger partial charge >= 0.3 is 0 Å². The largest absolute Gasteiger partial charge is 0.504 e. The van der Waals surface area contributed by atoms with Gasteiger partial charge in [0.15, 0.2) is 17.3 Å². The highest BCUT2D eigenvalue weighted by Crippen LogP contribution is 2.33. The normalized spacial score (nSPS) is 15.8. The number of phenols is 1. The molecule has 0 amide bonds. The van der Waals surface area contributed by atoms with Crippen molar-refractivity contribution in [2.24, 2.45) is 5.92 Å². The lowest BCUT2D eigenvalue weighted by molar-refractivity contribution is 0.0889. The van der Waals surface area contributed by atoms with Crippen molar-refractivity contribution < 1.29 is 14.6 Å². The van der Waals surface area contributed by atoms with E-state index < -0.39 is 0 Å². The fourth-order valence-electron chi connectivity index (χ4n) is 2.61. The maximum Gasteiger partial charge on any atom is 0.167 e. The predicted molar refractivity (Wildman–Crippen MR) is 70.3 cm³/mol. The van der Waals surface area contributed by atoms with Crippen molar-refractivity contribution in [3.05, 3.63) is 23.3 Å². The molecule has 1 fully saturated rings. The molecule has 0 spiro atoms. The molecule has 0 saturated heterocycles. The molecule has 19 heavy (non-hydrogen) atoms. The number of ketones is 1. The number of carbonyl (C=O) groups is 1. The standard InChI is InChI=1S/C15H17NO3/c1-19-14-7-11(9-16)12(8-13(14)17)15(18)10-5-3-2-4-6-10/h7-8,10,17H,2-6H2,1H3. The highest BCUT2D eigenvalue weighted by Gasteiger charge is 2.25. The van der Waals surface area contributed by atoms with Crippen LogP contribution in [0.3, 0.4) is 0 Å². The van der Waals surface area contributed by atoms with Gasteiger partial charge in [0.2, 0.25) is 0 Å². The lowest BCUT2D eigenvalue weighted by atomic mass is 9.83. The summed E-state index contributed by atoms with van der Waals surface area (Å²) < 4.78 is 4.96. The van der Waals surface area contributed by atoms with E-state index in [-0.39, 0.29) is 28.8 Å². The van der Waals surface area contributed by atoms with Crippen LogP contribution in [0.2, 0.25) is 0 Å². The Morgan fingerprint density at radius 3 is 2.63 bits per heavy atom. The molecular formula is C15H17NO3. The van der Waals surface area contributed by atoms with Crippen LogP contribution in [0.25, 0.3) is 0 Å². The Labute approximate surface area is 112 Å². The molecular weight excluding hydrogens is 242 g/mol. The van der Waals surface area contributed by atoms with Crippen molar-refractivity contribution in [1.82, 2.24) is 0 Å². The Kier molecular flexibility index (Phi) is 4.06. The van der Waals surface area contributed by atoms with Crippen molar-refractivity contribution in [3.8, 4) is 17.6 Å². The van der Waals surface area contributed by atoms with Crippen LogP contribution in [0.4, 0.5) is 0 Å². The molecule has 0 unspecified atom stereocenters. The molecule has 1 N–H and O–H groups in total. The third-order valence-corrected chi connectivity index (χ3v) is 3.68. The summed E-state index contributed by atoms with van der Waals surface area (Å²) in [7, 11) is 1.42. The zero-order valence-electron chi connectivity index (χ0n) is 11.0. The van der Waals surface area contributed by atoms with Gasteiger partial charge in [-0.3, -0.25) is 4.79 Å². The predicted octanol–water partition coefficient (Wildman–Crippen LogP) is 3.04. The van der Waals surface area contributed by atoms with Gasteiger partial charge in [-0.1, -0.05) is 19.3 Å². The van der Waals surface area contributed by atoms with Crippen LogP contribution >= 0.6 is 0 Å². The molecule has 1 aliphatic carbocycles. The number of hydrogen-bond donors (Lipinski definition) is 1. The van der Waals surface area contributed by atoms with Crippen molar-refractivity contribution in [2.45, 2.75) is 32.1 Å². The van der Waals surface area contributed by atoms with Crippen LogP contribution in [0.5, 0.6) is 11.5 Å². The molecule has 4 nitrogen and oxygen atoms in total. The summed E-state index contributed by atoms with van der Waals surface area (Å²) in [5, 5.41) is 18.9. The molecule has 0 bridgehead atoms. The van der Waals surface area contributed by atoms with Gasteiger partial charge in [-0.05, 0) is 18.9 Å². The summed E-state index contributed by atoms with van der Waals surface area (Å²) >= 11 is 0. The van der Waals surface area contributed by atoms with Gasteiger partial charge in [0.25, 0.3) is 0 Å². The van der Waals surface area contributed by atoms with Crippen molar-refractivity contribution in [2.75, 3.05) is 7.11 Å². The minimum atomic E-state index is -0.0966. The molecule has 1 saturated carbocycles. The van der Waals surface area contributed by atoms with Crippen LogP contribution in [0, 0.1) is 17.2 Å². The zero-order valence-corrected chi connectivity index (χ0v) is 11.0. The first kappa shape index (κ1) is 13.4. The number of carbonyl (C=O) groups excluding carboxylic acids is 1. The molecule has 0 aliphatic heterocycles. The van der Waals surface area contributed by atoms with E-state index >= 15 is 0 Å². The number of hydrogen-bond acceptors (Lipinski definition) is 4. The summed E-state index contributed by atoms with van der Waals surface area (Å²) in [6.45, 7) is 0. The van der Waals surface area contributed by atoms with E-state index in [4.69, 9.17) is 10.00 Å². The molecule has 1 aromatic rings. The molecule has 0 radical (unpaired) electrons. The molecule has 0 heterocycles. The number of benzene rings is 1. The first-order valence-electron chi connectivity index (χ1n) is 6.52. The molecule has 1 aliphatic rings. The average molecular weight is 259 g/mol. The van der Waals surface area contributed by atoms with Gasteiger partial charge in [-0.25, -0.2) is 0 Å². The number of methoxy groups -OCH3 is 1. The highest BCUT2D eigenvalue weighted by atomic mass is 16.5. The zero-order chi connectivity index (χ0) is 13.8. The second-order valence-electron chi connectivity index (χ2n) is 4.88. The number of rotatable bonds is 3. The third-order valence-electron chi connectivity index (χ3n) is 3.68. The minimum Gasteiger partial charge on any atom is -0.504 e. The van der Waals surface area contributed by atoms with Gasteiger partial charge in [-0.2, -0.15) is 5.26 Å². The van der Waals surface area contributed by atoms with Gasteiger partial charge < -0.3 is 9.84 Å². The fourth-order valence-corrected chi connectivity index (χ4v) is 2.61. The first-order chi connectivity index (χ1) is 9.17.